The molecule has 0 saturated carbocycles. The summed E-state index contributed by atoms with van der Waals surface area (Å²) in [5.41, 5.74) is 0.528. The van der Waals surface area contributed by atoms with Crippen molar-refractivity contribution in [2.75, 3.05) is 6.61 Å². The average Bonchev–Trinajstić information content (AvgIpc) is 2.38. The van der Waals surface area contributed by atoms with E-state index in [0.717, 1.165) is 12.5 Å². The summed E-state index contributed by atoms with van der Waals surface area (Å²) in [5, 5.41) is 0. The molecule has 0 bridgehead atoms. The lowest BCUT2D eigenvalue weighted by Gasteiger charge is -2.04. The van der Waals surface area contributed by atoms with E-state index >= 15 is 0 Å². The summed E-state index contributed by atoms with van der Waals surface area (Å²) in [6.45, 7) is 0.329. The van der Waals surface area contributed by atoms with Crippen molar-refractivity contribution < 1.29 is 18.3 Å². The molecule has 0 aromatic heterocycles. The highest BCUT2D eigenvalue weighted by atomic mass is 19.3. The first-order valence-corrected chi connectivity index (χ1v) is 5.93. The third-order valence-electron chi connectivity index (χ3n) is 2.39. The highest BCUT2D eigenvalue weighted by molar-refractivity contribution is 5.89. The number of ether oxygens (including phenoxy) is 1. The van der Waals surface area contributed by atoms with Crippen LogP contribution in [0.2, 0.25) is 0 Å². The predicted octanol–water partition coefficient (Wildman–Crippen LogP) is 4.18. The van der Waals surface area contributed by atoms with Crippen molar-refractivity contribution in [2.24, 2.45) is 0 Å². The Morgan fingerprint density at radius 2 is 1.83 bits per heavy atom. The molecule has 1 aromatic carbocycles. The number of carbonyl (C=O) groups is 1. The fraction of sp³-hybridized carbons (Fsp3) is 0.357. The van der Waals surface area contributed by atoms with Crippen LogP contribution in [0.15, 0.2) is 42.5 Å². The largest absolute Gasteiger partial charge is 0.462 e. The third-order valence-corrected chi connectivity index (χ3v) is 2.39. The van der Waals surface area contributed by atoms with Crippen LogP contribution in [-0.2, 0) is 4.74 Å². The molecule has 0 aliphatic rings. The molecule has 0 heterocycles. The van der Waals surface area contributed by atoms with Gasteiger partial charge >= 0.3 is 5.97 Å². The van der Waals surface area contributed by atoms with Crippen LogP contribution in [0.4, 0.5) is 8.78 Å². The van der Waals surface area contributed by atoms with Crippen molar-refractivity contribution >= 4 is 5.97 Å². The van der Waals surface area contributed by atoms with Gasteiger partial charge < -0.3 is 4.74 Å². The summed E-state index contributed by atoms with van der Waals surface area (Å²) in [6, 6.07) is 8.76. The molecule has 0 spiro atoms. The number of benzene rings is 1. The van der Waals surface area contributed by atoms with E-state index in [9.17, 15) is 13.6 Å². The van der Waals surface area contributed by atoms with Crippen LogP contribution < -0.4 is 0 Å². The molecule has 0 radical (unpaired) electrons. The van der Waals surface area contributed by atoms with Crippen LogP contribution >= 0.6 is 0 Å². The van der Waals surface area contributed by atoms with E-state index in [1.54, 1.807) is 24.3 Å². The van der Waals surface area contributed by atoms with Crippen LogP contribution in [0.5, 0.6) is 0 Å². The Morgan fingerprint density at radius 3 is 2.50 bits per heavy atom. The van der Waals surface area contributed by atoms with Crippen molar-refractivity contribution in [3.05, 3.63) is 48.1 Å². The summed E-state index contributed by atoms with van der Waals surface area (Å²) >= 11 is 0. The molecule has 0 fully saturated rings. The number of esters is 1. The number of halogens is 2. The SMILES string of the molecule is O=C(OCCCCCC=C(F)F)c1ccccc1. The number of hydrogen-bond donors (Lipinski definition) is 0. The van der Waals surface area contributed by atoms with Gasteiger partial charge in [0.25, 0.3) is 6.08 Å². The van der Waals surface area contributed by atoms with E-state index in [-0.39, 0.29) is 5.97 Å². The number of rotatable bonds is 7. The van der Waals surface area contributed by atoms with Crippen LogP contribution in [0.1, 0.15) is 36.0 Å². The Hall–Kier alpha value is -1.71. The van der Waals surface area contributed by atoms with Gasteiger partial charge in [0.2, 0.25) is 0 Å². The second-order valence-electron chi connectivity index (χ2n) is 3.85. The van der Waals surface area contributed by atoms with Crippen molar-refractivity contribution in [1.82, 2.24) is 0 Å². The van der Waals surface area contributed by atoms with Gasteiger partial charge in [-0.05, 0) is 43.9 Å². The standard InChI is InChI=1S/C14H16F2O2/c15-13(16)10-6-1-2-7-11-18-14(17)12-8-4-3-5-9-12/h3-5,8-10H,1-2,6-7,11H2. The minimum Gasteiger partial charge on any atom is -0.462 e. The molecule has 4 heteroatoms. The first-order chi connectivity index (χ1) is 8.70. The van der Waals surface area contributed by atoms with Crippen LogP contribution in [0, 0.1) is 0 Å². The van der Waals surface area contributed by atoms with Gasteiger partial charge in [0.15, 0.2) is 0 Å². The summed E-state index contributed by atoms with van der Waals surface area (Å²) in [6.07, 6.45) is 1.79. The summed E-state index contributed by atoms with van der Waals surface area (Å²) in [4.78, 5) is 11.5. The Morgan fingerprint density at radius 1 is 1.11 bits per heavy atom. The highest BCUT2D eigenvalue weighted by Gasteiger charge is 2.04. The molecule has 18 heavy (non-hydrogen) atoms. The van der Waals surface area contributed by atoms with Crippen molar-refractivity contribution in [2.45, 2.75) is 25.7 Å². The molecular formula is C14H16F2O2. The van der Waals surface area contributed by atoms with Gasteiger partial charge in [-0.2, -0.15) is 8.78 Å². The zero-order valence-corrected chi connectivity index (χ0v) is 10.1. The van der Waals surface area contributed by atoms with Crippen molar-refractivity contribution in [3.8, 4) is 0 Å². The molecule has 0 saturated heterocycles. The van der Waals surface area contributed by atoms with Gasteiger partial charge in [-0.1, -0.05) is 18.2 Å². The molecule has 1 rings (SSSR count). The second-order valence-corrected chi connectivity index (χ2v) is 3.85. The van der Waals surface area contributed by atoms with Gasteiger partial charge in [-0.15, -0.1) is 0 Å². The first kappa shape index (κ1) is 14.4. The normalized spacial score (nSPS) is 9.89. The number of hydrogen-bond acceptors (Lipinski definition) is 2. The highest BCUT2D eigenvalue weighted by Crippen LogP contribution is 2.07. The Balaban J connectivity index is 2.08. The average molecular weight is 254 g/mol. The lowest BCUT2D eigenvalue weighted by atomic mass is 10.2. The van der Waals surface area contributed by atoms with E-state index < -0.39 is 6.08 Å². The van der Waals surface area contributed by atoms with E-state index in [2.05, 4.69) is 0 Å². The Kier molecular flexibility index (Phi) is 6.69. The lowest BCUT2D eigenvalue weighted by Crippen LogP contribution is -2.06. The number of allylic oxidation sites excluding steroid dienone is 1. The summed E-state index contributed by atoms with van der Waals surface area (Å²) < 4.78 is 28.4. The molecule has 0 aliphatic heterocycles. The maximum absolute atomic E-state index is 11.7. The van der Waals surface area contributed by atoms with E-state index in [0.29, 0.717) is 31.4 Å². The smallest absolute Gasteiger partial charge is 0.338 e. The predicted molar refractivity (Wildman–Crippen MR) is 65.5 cm³/mol. The van der Waals surface area contributed by atoms with Gasteiger partial charge in [0.05, 0.1) is 12.2 Å². The van der Waals surface area contributed by atoms with Gasteiger partial charge in [0, 0.05) is 0 Å². The molecule has 1 aromatic rings. The Bertz CT molecular complexity index is 384. The molecule has 2 nitrogen and oxygen atoms in total. The van der Waals surface area contributed by atoms with E-state index in [4.69, 9.17) is 4.74 Å². The maximum Gasteiger partial charge on any atom is 0.338 e. The van der Waals surface area contributed by atoms with Gasteiger partial charge in [0.1, 0.15) is 0 Å². The molecule has 0 atom stereocenters. The monoisotopic (exact) mass is 254 g/mol. The quantitative estimate of drug-likeness (QED) is 0.539. The minimum absolute atomic E-state index is 0.329. The zero-order valence-electron chi connectivity index (χ0n) is 10.1. The molecule has 0 unspecified atom stereocenters. The molecule has 98 valence electrons. The van der Waals surface area contributed by atoms with E-state index in [1.165, 1.54) is 0 Å². The topological polar surface area (TPSA) is 26.3 Å². The van der Waals surface area contributed by atoms with Crippen LogP contribution in [-0.4, -0.2) is 12.6 Å². The van der Waals surface area contributed by atoms with Gasteiger partial charge in [-0.3, -0.25) is 0 Å². The van der Waals surface area contributed by atoms with Crippen molar-refractivity contribution in [3.63, 3.8) is 0 Å². The minimum atomic E-state index is -1.63. The van der Waals surface area contributed by atoms with Crippen LogP contribution in [0.3, 0.4) is 0 Å². The molecule has 0 aliphatic carbocycles. The fourth-order valence-electron chi connectivity index (χ4n) is 1.46. The fourth-order valence-corrected chi connectivity index (χ4v) is 1.46. The van der Waals surface area contributed by atoms with Gasteiger partial charge in [-0.25, -0.2) is 4.79 Å². The zero-order chi connectivity index (χ0) is 13.2. The molecule has 0 amide bonds. The number of carbonyl (C=O) groups excluding carboxylic acids is 1. The van der Waals surface area contributed by atoms with Crippen molar-refractivity contribution in [1.29, 1.82) is 0 Å². The number of unbranched alkanes of at least 4 members (excludes halogenated alkanes) is 3. The van der Waals surface area contributed by atoms with E-state index in [1.807, 2.05) is 6.07 Å². The maximum atomic E-state index is 11.7. The second kappa shape index (κ2) is 8.39. The Labute approximate surface area is 105 Å². The molecular weight excluding hydrogens is 238 g/mol. The molecule has 0 N–H and O–H groups in total. The van der Waals surface area contributed by atoms with Crippen LogP contribution in [0.25, 0.3) is 0 Å². The third kappa shape index (κ3) is 6.13. The first-order valence-electron chi connectivity index (χ1n) is 5.93. The lowest BCUT2D eigenvalue weighted by molar-refractivity contribution is 0.0498. The summed E-state index contributed by atoms with van der Waals surface area (Å²) in [5.74, 6) is -0.342. The summed E-state index contributed by atoms with van der Waals surface area (Å²) in [7, 11) is 0.